The molecule has 1 amide bonds. The SMILES string of the molecule is O=C(NC1CCCC1F)c1cncc(F)c1. The molecule has 1 fully saturated rings. The zero-order valence-electron chi connectivity index (χ0n) is 8.62. The van der Waals surface area contributed by atoms with E-state index in [9.17, 15) is 13.6 Å². The molecule has 1 aliphatic rings. The van der Waals surface area contributed by atoms with E-state index >= 15 is 0 Å². The van der Waals surface area contributed by atoms with Crippen molar-refractivity contribution in [2.24, 2.45) is 0 Å². The van der Waals surface area contributed by atoms with E-state index in [-0.39, 0.29) is 5.56 Å². The van der Waals surface area contributed by atoms with Gasteiger partial charge in [0.1, 0.15) is 12.0 Å². The predicted octanol–water partition coefficient (Wildman–Crippen LogP) is 1.84. The second kappa shape index (κ2) is 4.55. The monoisotopic (exact) mass is 226 g/mol. The number of aromatic nitrogens is 1. The summed E-state index contributed by atoms with van der Waals surface area (Å²) in [6.07, 6.45) is 3.17. The molecule has 1 N–H and O–H groups in total. The maximum Gasteiger partial charge on any atom is 0.253 e. The topological polar surface area (TPSA) is 42.0 Å². The van der Waals surface area contributed by atoms with Crippen molar-refractivity contribution in [3.8, 4) is 0 Å². The first-order chi connectivity index (χ1) is 7.66. The minimum absolute atomic E-state index is 0.124. The van der Waals surface area contributed by atoms with Gasteiger partial charge in [-0.15, -0.1) is 0 Å². The van der Waals surface area contributed by atoms with E-state index in [4.69, 9.17) is 0 Å². The number of nitrogens with zero attached hydrogens (tertiary/aromatic N) is 1. The van der Waals surface area contributed by atoms with E-state index in [1.807, 2.05) is 0 Å². The zero-order valence-corrected chi connectivity index (χ0v) is 8.62. The van der Waals surface area contributed by atoms with Crippen LogP contribution < -0.4 is 5.32 Å². The molecule has 0 radical (unpaired) electrons. The Morgan fingerprint density at radius 3 is 2.88 bits per heavy atom. The summed E-state index contributed by atoms with van der Waals surface area (Å²) in [5.74, 6) is -1.04. The molecule has 2 atom stereocenters. The van der Waals surface area contributed by atoms with E-state index < -0.39 is 23.9 Å². The summed E-state index contributed by atoms with van der Waals surface area (Å²) in [6, 6.07) is 0.639. The summed E-state index contributed by atoms with van der Waals surface area (Å²) in [4.78, 5) is 15.2. The quantitative estimate of drug-likeness (QED) is 0.836. The van der Waals surface area contributed by atoms with Crippen LogP contribution in [0.1, 0.15) is 29.6 Å². The van der Waals surface area contributed by atoms with Crippen LogP contribution >= 0.6 is 0 Å². The van der Waals surface area contributed by atoms with Crippen molar-refractivity contribution >= 4 is 5.91 Å². The first kappa shape index (κ1) is 11.0. The Labute approximate surface area is 91.9 Å². The number of nitrogens with one attached hydrogen (secondary N) is 1. The van der Waals surface area contributed by atoms with Crippen LogP contribution in [0.3, 0.4) is 0 Å². The fourth-order valence-electron chi connectivity index (χ4n) is 1.87. The van der Waals surface area contributed by atoms with Crippen molar-refractivity contribution in [1.29, 1.82) is 0 Å². The normalized spacial score (nSPS) is 24.4. The summed E-state index contributed by atoms with van der Waals surface area (Å²) in [5.41, 5.74) is 0.124. The molecule has 1 heterocycles. The average molecular weight is 226 g/mol. The highest BCUT2D eigenvalue weighted by atomic mass is 19.1. The Kier molecular flexibility index (Phi) is 3.12. The van der Waals surface area contributed by atoms with Crippen molar-refractivity contribution in [2.45, 2.75) is 31.5 Å². The van der Waals surface area contributed by atoms with Gasteiger partial charge >= 0.3 is 0 Å². The van der Waals surface area contributed by atoms with Crippen LogP contribution in [0.15, 0.2) is 18.5 Å². The number of hydrogen-bond acceptors (Lipinski definition) is 2. The number of carbonyl (C=O) groups excluding carboxylic acids is 1. The summed E-state index contributed by atoms with van der Waals surface area (Å²) in [7, 11) is 0. The lowest BCUT2D eigenvalue weighted by Gasteiger charge is -2.14. The van der Waals surface area contributed by atoms with Crippen molar-refractivity contribution in [3.05, 3.63) is 29.8 Å². The van der Waals surface area contributed by atoms with Gasteiger partial charge < -0.3 is 5.32 Å². The number of carbonyl (C=O) groups is 1. The molecule has 1 aromatic heterocycles. The molecule has 0 saturated heterocycles. The first-order valence-electron chi connectivity index (χ1n) is 5.22. The Balaban J connectivity index is 2.03. The van der Waals surface area contributed by atoms with Gasteiger partial charge in [0.15, 0.2) is 0 Å². The molecule has 0 aliphatic heterocycles. The van der Waals surface area contributed by atoms with Crippen LogP contribution in [0, 0.1) is 5.82 Å². The van der Waals surface area contributed by atoms with Gasteiger partial charge in [0.2, 0.25) is 0 Å². The lowest BCUT2D eigenvalue weighted by Crippen LogP contribution is -2.38. The molecule has 3 nitrogen and oxygen atoms in total. The van der Waals surface area contributed by atoms with Gasteiger partial charge in [0.25, 0.3) is 5.91 Å². The Morgan fingerprint density at radius 2 is 2.25 bits per heavy atom. The van der Waals surface area contributed by atoms with Gasteiger partial charge in [-0.2, -0.15) is 0 Å². The number of rotatable bonds is 2. The summed E-state index contributed by atoms with van der Waals surface area (Å²) in [5, 5.41) is 2.55. The number of halogens is 2. The van der Waals surface area contributed by atoms with Crippen LogP contribution in [-0.2, 0) is 0 Å². The van der Waals surface area contributed by atoms with Crippen molar-refractivity contribution in [3.63, 3.8) is 0 Å². The van der Waals surface area contributed by atoms with Gasteiger partial charge in [0, 0.05) is 6.20 Å². The molecule has 2 unspecified atom stereocenters. The molecule has 0 bridgehead atoms. The van der Waals surface area contributed by atoms with E-state index in [1.165, 1.54) is 6.20 Å². The van der Waals surface area contributed by atoms with E-state index in [0.717, 1.165) is 18.7 Å². The fourth-order valence-corrected chi connectivity index (χ4v) is 1.87. The highest BCUT2D eigenvalue weighted by Gasteiger charge is 2.28. The third kappa shape index (κ3) is 2.35. The standard InChI is InChI=1S/C11H12F2N2O/c12-8-4-7(5-14-6-8)11(16)15-10-3-1-2-9(10)13/h4-6,9-10H,1-3H2,(H,15,16). The van der Waals surface area contributed by atoms with Gasteiger partial charge in [-0.05, 0) is 25.3 Å². The minimum Gasteiger partial charge on any atom is -0.346 e. The molecule has 1 aromatic rings. The summed E-state index contributed by atoms with van der Waals surface area (Å²) in [6.45, 7) is 0. The summed E-state index contributed by atoms with van der Waals surface area (Å²) >= 11 is 0. The molecule has 2 rings (SSSR count). The molecule has 86 valence electrons. The van der Waals surface area contributed by atoms with Crippen LogP contribution in [-0.4, -0.2) is 23.1 Å². The van der Waals surface area contributed by atoms with Crippen LogP contribution in [0.4, 0.5) is 8.78 Å². The van der Waals surface area contributed by atoms with Crippen LogP contribution in [0.2, 0.25) is 0 Å². The third-order valence-corrected chi connectivity index (χ3v) is 2.72. The smallest absolute Gasteiger partial charge is 0.253 e. The number of amides is 1. The van der Waals surface area contributed by atoms with Gasteiger partial charge in [0.05, 0.1) is 17.8 Å². The summed E-state index contributed by atoms with van der Waals surface area (Å²) < 4.78 is 26.0. The van der Waals surface area contributed by atoms with E-state index in [2.05, 4.69) is 10.3 Å². The van der Waals surface area contributed by atoms with Crippen LogP contribution in [0.5, 0.6) is 0 Å². The van der Waals surface area contributed by atoms with Crippen molar-refractivity contribution in [2.75, 3.05) is 0 Å². The Hall–Kier alpha value is -1.52. The van der Waals surface area contributed by atoms with Gasteiger partial charge in [-0.1, -0.05) is 0 Å². The molecule has 1 aliphatic carbocycles. The Bertz CT molecular complexity index is 397. The highest BCUT2D eigenvalue weighted by molar-refractivity contribution is 5.94. The Morgan fingerprint density at radius 1 is 1.44 bits per heavy atom. The van der Waals surface area contributed by atoms with Crippen LogP contribution in [0.25, 0.3) is 0 Å². The maximum absolute atomic E-state index is 13.2. The first-order valence-corrected chi connectivity index (χ1v) is 5.22. The van der Waals surface area contributed by atoms with Gasteiger partial charge in [-0.25, -0.2) is 8.78 Å². The maximum atomic E-state index is 13.2. The van der Waals surface area contributed by atoms with E-state index in [1.54, 1.807) is 0 Å². The number of hydrogen-bond donors (Lipinski definition) is 1. The number of alkyl halides is 1. The van der Waals surface area contributed by atoms with Crippen molar-refractivity contribution < 1.29 is 13.6 Å². The molecule has 1 saturated carbocycles. The lowest BCUT2D eigenvalue weighted by atomic mass is 10.2. The second-order valence-electron chi connectivity index (χ2n) is 3.92. The molecule has 0 spiro atoms. The molecule has 16 heavy (non-hydrogen) atoms. The van der Waals surface area contributed by atoms with Gasteiger partial charge in [-0.3, -0.25) is 9.78 Å². The lowest BCUT2D eigenvalue weighted by molar-refractivity contribution is 0.0918. The second-order valence-corrected chi connectivity index (χ2v) is 3.92. The number of pyridine rings is 1. The zero-order chi connectivity index (χ0) is 11.5. The minimum atomic E-state index is -0.995. The fraction of sp³-hybridized carbons (Fsp3) is 0.455. The third-order valence-electron chi connectivity index (χ3n) is 2.72. The largest absolute Gasteiger partial charge is 0.346 e. The molecule has 5 heteroatoms. The predicted molar refractivity (Wildman–Crippen MR) is 54.2 cm³/mol. The van der Waals surface area contributed by atoms with E-state index in [0.29, 0.717) is 12.8 Å². The van der Waals surface area contributed by atoms with Crippen molar-refractivity contribution in [1.82, 2.24) is 10.3 Å². The average Bonchev–Trinajstić information content (AvgIpc) is 2.64. The molecule has 0 aromatic carbocycles. The highest BCUT2D eigenvalue weighted by Crippen LogP contribution is 2.22. The molecular weight excluding hydrogens is 214 g/mol. The molecular formula is C11H12F2N2O.